The fourth-order valence-electron chi connectivity index (χ4n) is 2.21. The monoisotopic (exact) mass is 267 g/mol. The Morgan fingerprint density at radius 2 is 2.32 bits per heavy atom. The molecule has 7 heteroatoms. The van der Waals surface area contributed by atoms with Gasteiger partial charge in [-0.25, -0.2) is 9.78 Å². The van der Waals surface area contributed by atoms with Gasteiger partial charge in [0.25, 0.3) is 0 Å². The van der Waals surface area contributed by atoms with Crippen LogP contribution in [0.15, 0.2) is 23.3 Å². The number of hydrogen-bond donors (Lipinski definition) is 2. The predicted octanol–water partition coefficient (Wildman–Crippen LogP) is -1.41. The summed E-state index contributed by atoms with van der Waals surface area (Å²) >= 11 is 0. The minimum atomic E-state index is -1.23. The number of carbonyl (C=O) groups is 1. The number of amides is 1. The summed E-state index contributed by atoms with van der Waals surface area (Å²) in [6.45, 7) is 0.144. The van der Waals surface area contributed by atoms with Gasteiger partial charge in [0.15, 0.2) is 0 Å². The van der Waals surface area contributed by atoms with E-state index < -0.39 is 11.3 Å². The van der Waals surface area contributed by atoms with Crippen LogP contribution < -0.4 is 5.69 Å². The highest BCUT2D eigenvalue weighted by molar-refractivity contribution is 5.76. The molecule has 0 aromatic carbocycles. The first kappa shape index (κ1) is 13.7. The average molecular weight is 267 g/mol. The van der Waals surface area contributed by atoms with Crippen molar-refractivity contribution in [2.45, 2.75) is 25.0 Å². The fraction of sp³-hybridized carbons (Fsp3) is 0.583. The van der Waals surface area contributed by atoms with Crippen LogP contribution in [0.4, 0.5) is 0 Å². The molecular formula is C12H17N3O4. The molecule has 1 atom stereocenters. The molecule has 1 aliphatic heterocycles. The lowest BCUT2D eigenvalue weighted by Crippen LogP contribution is -2.53. The highest BCUT2D eigenvalue weighted by atomic mass is 16.3. The van der Waals surface area contributed by atoms with Gasteiger partial charge in [-0.05, 0) is 18.9 Å². The molecule has 2 N–H and O–H groups in total. The quantitative estimate of drug-likeness (QED) is 0.701. The number of nitrogens with zero attached hydrogens (tertiary/aromatic N) is 3. The first-order valence-corrected chi connectivity index (χ1v) is 6.16. The van der Waals surface area contributed by atoms with Gasteiger partial charge in [-0.15, -0.1) is 0 Å². The maximum atomic E-state index is 12.1. The van der Waals surface area contributed by atoms with Gasteiger partial charge >= 0.3 is 5.69 Å². The minimum Gasteiger partial charge on any atom is -0.393 e. The van der Waals surface area contributed by atoms with Crippen LogP contribution in [0.25, 0.3) is 0 Å². The third-order valence-electron chi connectivity index (χ3n) is 3.29. The van der Waals surface area contributed by atoms with Crippen molar-refractivity contribution in [2.24, 2.45) is 0 Å². The summed E-state index contributed by atoms with van der Waals surface area (Å²) in [7, 11) is 0. The number of hydrogen-bond acceptors (Lipinski definition) is 5. The van der Waals surface area contributed by atoms with E-state index in [0.717, 1.165) is 0 Å². The second-order valence-corrected chi connectivity index (χ2v) is 4.83. The molecule has 0 bridgehead atoms. The number of aliphatic hydroxyl groups is 2. The Morgan fingerprint density at radius 3 is 3.00 bits per heavy atom. The van der Waals surface area contributed by atoms with Crippen LogP contribution in [-0.4, -0.2) is 55.9 Å². The molecule has 0 saturated carbocycles. The lowest BCUT2D eigenvalue weighted by molar-refractivity contribution is -0.141. The van der Waals surface area contributed by atoms with E-state index in [0.29, 0.717) is 19.4 Å². The van der Waals surface area contributed by atoms with Gasteiger partial charge in [0.2, 0.25) is 5.91 Å². The SMILES string of the molecule is O=C(Cn1cccnc1=O)N1CCCC(O)(CO)C1. The van der Waals surface area contributed by atoms with Crippen molar-refractivity contribution in [2.75, 3.05) is 19.7 Å². The summed E-state index contributed by atoms with van der Waals surface area (Å²) in [6, 6.07) is 1.58. The molecule has 0 radical (unpaired) electrons. The van der Waals surface area contributed by atoms with Gasteiger partial charge in [0.1, 0.15) is 12.1 Å². The van der Waals surface area contributed by atoms with Crippen molar-refractivity contribution in [1.82, 2.24) is 14.5 Å². The van der Waals surface area contributed by atoms with E-state index in [1.54, 1.807) is 6.07 Å². The Bertz CT molecular complexity index is 516. The van der Waals surface area contributed by atoms with Crippen molar-refractivity contribution < 1.29 is 15.0 Å². The Labute approximate surface area is 110 Å². The maximum Gasteiger partial charge on any atom is 0.347 e. The van der Waals surface area contributed by atoms with Crippen molar-refractivity contribution in [1.29, 1.82) is 0 Å². The third kappa shape index (κ3) is 3.18. The number of aliphatic hydroxyl groups excluding tert-OH is 1. The topological polar surface area (TPSA) is 95.7 Å². The number of carbonyl (C=O) groups excluding carboxylic acids is 1. The van der Waals surface area contributed by atoms with Gasteiger partial charge in [0.05, 0.1) is 13.2 Å². The van der Waals surface area contributed by atoms with Crippen LogP contribution >= 0.6 is 0 Å². The molecule has 1 aromatic rings. The number of aromatic nitrogens is 2. The highest BCUT2D eigenvalue weighted by Gasteiger charge is 2.34. The lowest BCUT2D eigenvalue weighted by atomic mass is 9.94. The molecule has 2 rings (SSSR count). The van der Waals surface area contributed by atoms with E-state index >= 15 is 0 Å². The van der Waals surface area contributed by atoms with Crippen molar-refractivity contribution >= 4 is 5.91 Å². The third-order valence-corrected chi connectivity index (χ3v) is 3.29. The number of likely N-dealkylation sites (tertiary alicyclic amines) is 1. The van der Waals surface area contributed by atoms with Crippen LogP contribution in [0.1, 0.15) is 12.8 Å². The normalized spacial score (nSPS) is 23.4. The summed E-state index contributed by atoms with van der Waals surface area (Å²) in [5.41, 5.74) is -1.71. The molecule has 1 aromatic heterocycles. The fourth-order valence-corrected chi connectivity index (χ4v) is 2.21. The molecule has 1 fully saturated rings. The van der Waals surface area contributed by atoms with Gasteiger partial charge in [0, 0.05) is 18.9 Å². The van der Waals surface area contributed by atoms with Crippen LogP contribution in [0.2, 0.25) is 0 Å². The average Bonchev–Trinajstić information content (AvgIpc) is 2.41. The van der Waals surface area contributed by atoms with Crippen LogP contribution in [0.5, 0.6) is 0 Å². The number of piperidine rings is 1. The standard InChI is InChI=1S/C12H17N3O4/c16-9-12(19)3-1-5-15(8-12)10(17)7-14-6-2-4-13-11(14)18/h2,4,6,16,19H,1,3,5,7-9H2. The highest BCUT2D eigenvalue weighted by Crippen LogP contribution is 2.20. The molecule has 1 saturated heterocycles. The largest absolute Gasteiger partial charge is 0.393 e. The molecule has 7 nitrogen and oxygen atoms in total. The number of rotatable bonds is 3. The van der Waals surface area contributed by atoms with Crippen molar-refractivity contribution in [3.63, 3.8) is 0 Å². The molecule has 0 aliphatic carbocycles. The van der Waals surface area contributed by atoms with Gasteiger partial charge < -0.3 is 15.1 Å². The zero-order valence-corrected chi connectivity index (χ0v) is 10.5. The molecule has 1 aliphatic rings. The summed E-state index contributed by atoms with van der Waals surface area (Å²) in [5, 5.41) is 19.1. The second kappa shape index (κ2) is 5.50. The smallest absolute Gasteiger partial charge is 0.347 e. The molecule has 0 spiro atoms. The lowest BCUT2D eigenvalue weighted by Gasteiger charge is -2.38. The van der Waals surface area contributed by atoms with Crippen LogP contribution in [0, 0.1) is 0 Å². The molecular weight excluding hydrogens is 250 g/mol. The number of β-amino-alcohol motifs (C(OH)–C–C–N with tert-alkyl or cyclic N) is 1. The van der Waals surface area contributed by atoms with Crippen LogP contribution in [-0.2, 0) is 11.3 Å². The second-order valence-electron chi connectivity index (χ2n) is 4.83. The Morgan fingerprint density at radius 1 is 1.53 bits per heavy atom. The predicted molar refractivity (Wildman–Crippen MR) is 66.3 cm³/mol. The first-order valence-electron chi connectivity index (χ1n) is 6.16. The Hall–Kier alpha value is -1.73. The summed E-state index contributed by atoms with van der Waals surface area (Å²) < 4.78 is 1.22. The van der Waals surface area contributed by atoms with E-state index in [2.05, 4.69) is 4.98 Å². The molecule has 2 heterocycles. The van der Waals surface area contributed by atoms with Crippen molar-refractivity contribution in [3.8, 4) is 0 Å². The zero-order chi connectivity index (χ0) is 13.9. The molecule has 19 heavy (non-hydrogen) atoms. The minimum absolute atomic E-state index is 0.0946. The summed E-state index contributed by atoms with van der Waals surface area (Å²) in [6.07, 6.45) is 3.97. The maximum absolute atomic E-state index is 12.1. The summed E-state index contributed by atoms with van der Waals surface area (Å²) in [4.78, 5) is 28.5. The van der Waals surface area contributed by atoms with Crippen molar-refractivity contribution in [3.05, 3.63) is 28.9 Å². The van der Waals surface area contributed by atoms with Crippen LogP contribution in [0.3, 0.4) is 0 Å². The zero-order valence-electron chi connectivity index (χ0n) is 10.5. The van der Waals surface area contributed by atoms with E-state index in [1.807, 2.05) is 0 Å². The van der Waals surface area contributed by atoms with Gasteiger partial charge in [-0.3, -0.25) is 9.36 Å². The Kier molecular flexibility index (Phi) is 3.96. The van der Waals surface area contributed by atoms with Gasteiger partial charge in [-0.1, -0.05) is 0 Å². The van der Waals surface area contributed by atoms with E-state index in [-0.39, 0.29) is 25.6 Å². The molecule has 1 unspecified atom stereocenters. The summed E-state index contributed by atoms with van der Waals surface area (Å²) in [5.74, 6) is -0.262. The van der Waals surface area contributed by atoms with E-state index in [1.165, 1.54) is 21.9 Å². The molecule has 104 valence electrons. The first-order chi connectivity index (χ1) is 9.04. The van der Waals surface area contributed by atoms with Gasteiger partial charge in [-0.2, -0.15) is 0 Å². The van der Waals surface area contributed by atoms with E-state index in [4.69, 9.17) is 5.11 Å². The Balaban J connectivity index is 2.04. The molecule has 1 amide bonds. The van der Waals surface area contributed by atoms with E-state index in [9.17, 15) is 14.7 Å².